The summed E-state index contributed by atoms with van der Waals surface area (Å²) < 4.78 is 15.6. The van der Waals surface area contributed by atoms with Gasteiger partial charge < -0.3 is 14.2 Å². The van der Waals surface area contributed by atoms with Gasteiger partial charge in [-0.25, -0.2) is 9.59 Å². The molecule has 1 saturated heterocycles. The van der Waals surface area contributed by atoms with Gasteiger partial charge in [0.25, 0.3) is 0 Å². The van der Waals surface area contributed by atoms with Crippen molar-refractivity contribution in [2.24, 2.45) is 27.5 Å². The predicted octanol–water partition coefficient (Wildman–Crippen LogP) is 0.262. The molecule has 0 aromatic rings. The van der Waals surface area contributed by atoms with Gasteiger partial charge in [0.1, 0.15) is 0 Å². The molecule has 0 spiro atoms. The highest BCUT2D eigenvalue weighted by molar-refractivity contribution is 5.94. The lowest BCUT2D eigenvalue weighted by atomic mass is 9.73. The van der Waals surface area contributed by atoms with Crippen molar-refractivity contribution in [3.8, 4) is 0 Å². The zero-order valence-corrected chi connectivity index (χ0v) is 14.4. The van der Waals surface area contributed by atoms with Gasteiger partial charge in [-0.15, -0.1) is 0 Å². The van der Waals surface area contributed by atoms with Crippen molar-refractivity contribution in [1.29, 1.82) is 0 Å². The zero-order chi connectivity index (χ0) is 17.3. The Morgan fingerprint density at radius 1 is 1.12 bits per heavy atom. The lowest BCUT2D eigenvalue weighted by Gasteiger charge is -2.48. The third kappa shape index (κ3) is 1.40. The number of hydrogen-bond donors (Lipinski definition) is 0. The van der Waals surface area contributed by atoms with Crippen LogP contribution < -0.4 is 0 Å². The van der Waals surface area contributed by atoms with E-state index < -0.39 is 16.5 Å². The Balaban J connectivity index is 1.86. The van der Waals surface area contributed by atoms with Crippen LogP contribution in [0, 0.1) is 17.3 Å². The minimum Gasteiger partial charge on any atom is -0.467 e. The van der Waals surface area contributed by atoms with E-state index in [0.717, 1.165) is 0 Å². The van der Waals surface area contributed by atoms with Gasteiger partial charge in [0.2, 0.25) is 0 Å². The van der Waals surface area contributed by atoms with Crippen molar-refractivity contribution < 1.29 is 23.8 Å². The molecule has 0 radical (unpaired) electrons. The van der Waals surface area contributed by atoms with E-state index in [1.807, 2.05) is 13.8 Å². The van der Waals surface area contributed by atoms with Crippen LogP contribution in [-0.4, -0.2) is 74.5 Å². The Bertz CT molecular complexity index is 633. The van der Waals surface area contributed by atoms with E-state index in [9.17, 15) is 9.59 Å². The standard InChI is InChI=1S/C16H23N3O5/c1-9-10-14(2)11(19-5-7-24-8-6-19)15(9,12(20)22-3)17-18-16(10,14)13(21)23-4/h9-11H,5-8H2,1-4H3/t9-,10-,11+,14+,15-,16-/m0/s1. The SMILES string of the molecule is COC(=O)[C@]12N=N[C@]3(C(=O)OC)[C@@H]([C@@H]1C)[C@]3(C)[C@H]2N1CCOCC1. The van der Waals surface area contributed by atoms with Crippen LogP contribution in [0.25, 0.3) is 0 Å². The van der Waals surface area contributed by atoms with Crippen LogP contribution in [0.15, 0.2) is 10.2 Å². The molecule has 2 saturated carbocycles. The number of carbonyl (C=O) groups is 2. The van der Waals surface area contributed by atoms with Gasteiger partial charge in [0, 0.05) is 30.3 Å². The highest BCUT2D eigenvalue weighted by Gasteiger charge is 2.95. The van der Waals surface area contributed by atoms with Gasteiger partial charge in [-0.3, -0.25) is 4.90 Å². The van der Waals surface area contributed by atoms with E-state index in [4.69, 9.17) is 14.2 Å². The van der Waals surface area contributed by atoms with Crippen molar-refractivity contribution in [2.45, 2.75) is 31.0 Å². The summed E-state index contributed by atoms with van der Waals surface area (Å²) in [4.78, 5) is 27.5. The topological polar surface area (TPSA) is 89.8 Å². The van der Waals surface area contributed by atoms with Crippen LogP contribution in [0.1, 0.15) is 13.8 Å². The fourth-order valence-corrected chi connectivity index (χ4v) is 5.89. The molecule has 8 heteroatoms. The van der Waals surface area contributed by atoms with E-state index in [-0.39, 0.29) is 29.8 Å². The summed E-state index contributed by atoms with van der Waals surface area (Å²) in [6, 6.07) is -0.238. The van der Waals surface area contributed by atoms with Crippen LogP contribution in [0.2, 0.25) is 0 Å². The molecule has 0 aromatic heterocycles. The molecule has 6 atom stereocenters. The number of nitrogens with zero attached hydrogens (tertiary/aromatic N) is 3. The number of carbonyl (C=O) groups excluding carboxylic acids is 2. The summed E-state index contributed by atoms with van der Waals surface area (Å²) in [6.45, 7) is 6.62. The molecule has 0 N–H and O–H groups in total. The lowest BCUT2D eigenvalue weighted by molar-refractivity contribution is -0.161. The minimum absolute atomic E-state index is 0.0677. The summed E-state index contributed by atoms with van der Waals surface area (Å²) in [5, 5.41) is 8.75. The smallest absolute Gasteiger partial charge is 0.337 e. The maximum absolute atomic E-state index is 12.8. The second-order valence-electron chi connectivity index (χ2n) is 7.37. The average Bonchev–Trinajstić information content (AvgIpc) is 3.13. The third-order valence-corrected chi connectivity index (χ3v) is 6.81. The van der Waals surface area contributed by atoms with Crippen LogP contribution >= 0.6 is 0 Å². The second kappa shape index (κ2) is 4.76. The quantitative estimate of drug-likeness (QED) is 0.687. The summed E-state index contributed by atoms with van der Waals surface area (Å²) in [6.07, 6.45) is 0. The molecular formula is C16H23N3O5. The van der Waals surface area contributed by atoms with Gasteiger partial charge >= 0.3 is 11.9 Å². The van der Waals surface area contributed by atoms with E-state index >= 15 is 0 Å². The Morgan fingerprint density at radius 2 is 1.75 bits per heavy atom. The van der Waals surface area contributed by atoms with Crippen molar-refractivity contribution in [2.75, 3.05) is 40.5 Å². The molecule has 0 aromatic carbocycles. The molecule has 24 heavy (non-hydrogen) atoms. The first-order valence-electron chi connectivity index (χ1n) is 8.35. The fraction of sp³-hybridized carbons (Fsp3) is 0.875. The molecule has 132 valence electrons. The van der Waals surface area contributed by atoms with Crippen LogP contribution in [0.4, 0.5) is 0 Å². The first kappa shape index (κ1) is 16.0. The summed E-state index contributed by atoms with van der Waals surface area (Å²) in [5.41, 5.74) is -2.51. The number of azo groups is 1. The monoisotopic (exact) mass is 337 g/mol. The molecule has 3 heterocycles. The van der Waals surface area contributed by atoms with E-state index in [1.54, 1.807) is 0 Å². The highest BCUT2D eigenvalue weighted by Crippen LogP contribution is 2.81. The Hall–Kier alpha value is -1.54. The summed E-state index contributed by atoms with van der Waals surface area (Å²) in [5.74, 6) is -0.939. The van der Waals surface area contributed by atoms with Crippen molar-refractivity contribution >= 4 is 11.9 Å². The molecule has 2 aliphatic carbocycles. The highest BCUT2D eigenvalue weighted by atomic mass is 16.5. The average molecular weight is 337 g/mol. The van der Waals surface area contributed by atoms with E-state index in [0.29, 0.717) is 26.3 Å². The minimum atomic E-state index is -1.05. The van der Waals surface area contributed by atoms with Crippen LogP contribution in [-0.2, 0) is 23.8 Å². The molecule has 3 aliphatic heterocycles. The maximum atomic E-state index is 12.8. The maximum Gasteiger partial charge on any atom is 0.337 e. The van der Waals surface area contributed by atoms with Crippen molar-refractivity contribution in [3.05, 3.63) is 0 Å². The first-order valence-corrected chi connectivity index (χ1v) is 8.35. The molecule has 4 bridgehead atoms. The molecule has 8 nitrogen and oxygen atoms in total. The van der Waals surface area contributed by atoms with E-state index in [1.165, 1.54) is 14.2 Å². The molecular weight excluding hydrogens is 314 g/mol. The van der Waals surface area contributed by atoms with Crippen LogP contribution in [0.3, 0.4) is 0 Å². The van der Waals surface area contributed by atoms with Crippen molar-refractivity contribution in [3.63, 3.8) is 0 Å². The molecule has 5 aliphatic rings. The van der Waals surface area contributed by atoms with Crippen molar-refractivity contribution in [1.82, 2.24) is 4.90 Å². The first-order chi connectivity index (χ1) is 11.4. The molecule has 3 fully saturated rings. The number of ether oxygens (including phenoxy) is 3. The number of rotatable bonds is 3. The van der Waals surface area contributed by atoms with Gasteiger partial charge in [-0.05, 0) is 0 Å². The zero-order valence-electron chi connectivity index (χ0n) is 14.4. The summed E-state index contributed by atoms with van der Waals surface area (Å²) >= 11 is 0. The number of morpholine rings is 1. The van der Waals surface area contributed by atoms with Gasteiger partial charge in [-0.2, -0.15) is 10.2 Å². The Labute approximate surface area is 140 Å². The number of esters is 2. The molecule has 5 rings (SSSR count). The molecule has 0 unspecified atom stereocenters. The fourth-order valence-electron chi connectivity index (χ4n) is 5.89. The third-order valence-electron chi connectivity index (χ3n) is 6.81. The predicted molar refractivity (Wildman–Crippen MR) is 81.3 cm³/mol. The largest absolute Gasteiger partial charge is 0.467 e. The van der Waals surface area contributed by atoms with Gasteiger partial charge in [0.15, 0.2) is 11.1 Å². The molecule has 0 amide bonds. The second-order valence-corrected chi connectivity index (χ2v) is 7.37. The van der Waals surface area contributed by atoms with E-state index in [2.05, 4.69) is 15.1 Å². The summed E-state index contributed by atoms with van der Waals surface area (Å²) in [7, 11) is 2.75. The number of methoxy groups -OCH3 is 2. The lowest BCUT2D eigenvalue weighted by Crippen LogP contribution is -2.66. The van der Waals surface area contributed by atoms with Gasteiger partial charge in [-0.1, -0.05) is 13.8 Å². The Kier molecular flexibility index (Phi) is 3.16. The Morgan fingerprint density at radius 3 is 2.33 bits per heavy atom. The number of hydrogen-bond acceptors (Lipinski definition) is 8. The van der Waals surface area contributed by atoms with Crippen LogP contribution in [0.5, 0.6) is 0 Å². The normalized spacial score (nSPS) is 48.9. The van der Waals surface area contributed by atoms with Gasteiger partial charge in [0.05, 0.1) is 33.5 Å².